The smallest absolute Gasteiger partial charge is 0.303 e. The Balaban J connectivity index is 4.41. The van der Waals surface area contributed by atoms with Gasteiger partial charge in [-0.3, -0.25) is 14.4 Å². The first kappa shape index (κ1) is 16.4. The molecule has 0 bridgehead atoms. The Bertz CT molecular complexity index is 304. The number of ether oxygens (including phenoxy) is 1. The zero-order valence-corrected chi connectivity index (χ0v) is 11.0. The summed E-state index contributed by atoms with van der Waals surface area (Å²) >= 11 is 0. The summed E-state index contributed by atoms with van der Waals surface area (Å²) in [6.07, 6.45) is -0.349. The highest BCUT2D eigenvalue weighted by Gasteiger charge is 2.18. The minimum absolute atomic E-state index is 0.0607. The van der Waals surface area contributed by atoms with Gasteiger partial charge in [-0.25, -0.2) is 0 Å². The van der Waals surface area contributed by atoms with Gasteiger partial charge in [-0.1, -0.05) is 0 Å². The molecule has 0 saturated heterocycles. The molecule has 0 aromatic heterocycles. The third-order valence-corrected chi connectivity index (χ3v) is 2.30. The molecule has 0 unspecified atom stereocenters. The van der Waals surface area contributed by atoms with Crippen LogP contribution >= 0.6 is 0 Å². The van der Waals surface area contributed by atoms with Crippen molar-refractivity contribution in [1.29, 1.82) is 0 Å². The largest absolute Gasteiger partial charge is 0.481 e. The molecule has 0 fully saturated rings. The fourth-order valence-electron chi connectivity index (χ4n) is 1.17. The summed E-state index contributed by atoms with van der Waals surface area (Å²) < 4.78 is 4.86. The molecule has 1 N–H and O–H groups in total. The molecule has 7 nitrogen and oxygen atoms in total. The average Bonchev–Trinajstić information content (AvgIpc) is 2.30. The number of hydrogen-bond acceptors (Lipinski definition) is 4. The summed E-state index contributed by atoms with van der Waals surface area (Å²) in [6.45, 7) is 0.517. The first-order valence-electron chi connectivity index (χ1n) is 5.57. The molecule has 0 aromatic rings. The van der Waals surface area contributed by atoms with Crippen LogP contribution in [0.15, 0.2) is 0 Å². The van der Waals surface area contributed by atoms with E-state index in [4.69, 9.17) is 9.84 Å². The number of nitrogens with zero attached hydrogens (tertiary/aromatic N) is 2. The summed E-state index contributed by atoms with van der Waals surface area (Å²) in [7, 11) is 4.69. The number of likely N-dealkylation sites (N-methyl/N-ethyl adjacent to an activating group) is 1. The van der Waals surface area contributed by atoms with Gasteiger partial charge in [-0.05, 0) is 0 Å². The van der Waals surface area contributed by atoms with E-state index in [2.05, 4.69) is 0 Å². The van der Waals surface area contributed by atoms with Crippen LogP contribution in [0.1, 0.15) is 12.8 Å². The van der Waals surface area contributed by atoms with E-state index in [-0.39, 0.29) is 37.7 Å². The lowest BCUT2D eigenvalue weighted by Gasteiger charge is -2.23. The van der Waals surface area contributed by atoms with Gasteiger partial charge in [0.15, 0.2) is 0 Å². The van der Waals surface area contributed by atoms with Crippen LogP contribution in [-0.4, -0.2) is 73.6 Å². The lowest BCUT2D eigenvalue weighted by molar-refractivity contribution is -0.143. The maximum absolute atomic E-state index is 11.7. The van der Waals surface area contributed by atoms with E-state index < -0.39 is 5.97 Å². The number of carbonyl (C=O) groups is 3. The predicted molar refractivity (Wildman–Crippen MR) is 64.0 cm³/mol. The molecular weight excluding hydrogens is 240 g/mol. The van der Waals surface area contributed by atoms with E-state index in [1.807, 2.05) is 0 Å². The van der Waals surface area contributed by atoms with E-state index in [1.165, 1.54) is 16.9 Å². The minimum atomic E-state index is -1.03. The van der Waals surface area contributed by atoms with Crippen molar-refractivity contribution >= 4 is 17.8 Å². The molecule has 0 saturated carbocycles. The van der Waals surface area contributed by atoms with Gasteiger partial charge in [-0.2, -0.15) is 0 Å². The number of carboxylic acid groups (broad SMARTS) is 1. The lowest BCUT2D eigenvalue weighted by atomic mass is 10.2. The van der Waals surface area contributed by atoms with Crippen molar-refractivity contribution < 1.29 is 24.2 Å². The van der Waals surface area contributed by atoms with Crippen LogP contribution in [0.3, 0.4) is 0 Å². The number of hydrogen-bond donors (Lipinski definition) is 1. The molecule has 0 rings (SSSR count). The summed E-state index contributed by atoms with van der Waals surface area (Å²) in [5.74, 6) is -1.60. The molecule has 0 aliphatic carbocycles. The van der Waals surface area contributed by atoms with Gasteiger partial charge < -0.3 is 19.6 Å². The minimum Gasteiger partial charge on any atom is -0.481 e. The Morgan fingerprint density at radius 2 is 1.72 bits per heavy atom. The monoisotopic (exact) mass is 260 g/mol. The van der Waals surface area contributed by atoms with Crippen LogP contribution in [-0.2, 0) is 19.1 Å². The van der Waals surface area contributed by atoms with E-state index in [9.17, 15) is 14.4 Å². The summed E-state index contributed by atoms with van der Waals surface area (Å²) in [5, 5.41) is 8.52. The van der Waals surface area contributed by atoms with Gasteiger partial charge in [0.05, 0.1) is 19.6 Å². The summed E-state index contributed by atoms with van der Waals surface area (Å²) in [4.78, 5) is 36.4. The van der Waals surface area contributed by atoms with Crippen molar-refractivity contribution in [1.82, 2.24) is 9.80 Å². The van der Waals surface area contributed by atoms with Crippen molar-refractivity contribution in [3.63, 3.8) is 0 Å². The fraction of sp³-hybridized carbons (Fsp3) is 0.727. The average molecular weight is 260 g/mol. The SMILES string of the molecule is COCCN(CC(=O)N(C)C)C(=O)CCC(=O)O. The molecule has 0 atom stereocenters. The van der Waals surface area contributed by atoms with E-state index in [0.717, 1.165) is 0 Å². The Hall–Kier alpha value is -1.63. The third kappa shape index (κ3) is 6.85. The van der Waals surface area contributed by atoms with Crippen molar-refractivity contribution in [3.05, 3.63) is 0 Å². The van der Waals surface area contributed by atoms with Crippen LogP contribution in [0.5, 0.6) is 0 Å². The Kier molecular flexibility index (Phi) is 7.69. The first-order valence-corrected chi connectivity index (χ1v) is 5.57. The molecule has 18 heavy (non-hydrogen) atoms. The lowest BCUT2D eigenvalue weighted by Crippen LogP contribution is -2.42. The molecule has 0 aliphatic rings. The van der Waals surface area contributed by atoms with Crippen LogP contribution in [0.4, 0.5) is 0 Å². The van der Waals surface area contributed by atoms with Crippen molar-refractivity contribution in [2.24, 2.45) is 0 Å². The van der Waals surface area contributed by atoms with Crippen LogP contribution in [0, 0.1) is 0 Å². The topological polar surface area (TPSA) is 87.2 Å². The molecule has 0 aliphatic heterocycles. The van der Waals surface area contributed by atoms with Crippen LogP contribution in [0.25, 0.3) is 0 Å². The predicted octanol–water partition coefficient (Wildman–Crippen LogP) is -0.586. The van der Waals surface area contributed by atoms with Crippen molar-refractivity contribution in [2.75, 3.05) is 40.9 Å². The van der Waals surface area contributed by atoms with Gasteiger partial charge >= 0.3 is 5.97 Å². The van der Waals surface area contributed by atoms with Gasteiger partial charge in [0.25, 0.3) is 0 Å². The molecular formula is C11H20N2O5. The van der Waals surface area contributed by atoms with Crippen LogP contribution < -0.4 is 0 Å². The first-order chi connectivity index (χ1) is 8.38. The highest BCUT2D eigenvalue weighted by Crippen LogP contribution is 2.00. The second-order valence-electron chi connectivity index (χ2n) is 3.99. The summed E-state index contributed by atoms with van der Waals surface area (Å²) in [5.41, 5.74) is 0. The fourth-order valence-corrected chi connectivity index (χ4v) is 1.17. The zero-order chi connectivity index (χ0) is 14.1. The third-order valence-electron chi connectivity index (χ3n) is 2.30. The second-order valence-corrected chi connectivity index (χ2v) is 3.99. The van der Waals surface area contributed by atoms with Gasteiger partial charge in [0, 0.05) is 34.2 Å². The number of rotatable bonds is 8. The molecule has 0 heterocycles. The normalized spacial score (nSPS) is 9.94. The Labute approximate surface area is 106 Å². The number of methoxy groups -OCH3 is 1. The van der Waals surface area contributed by atoms with E-state index in [0.29, 0.717) is 6.61 Å². The maximum Gasteiger partial charge on any atom is 0.303 e. The van der Waals surface area contributed by atoms with E-state index in [1.54, 1.807) is 14.1 Å². The van der Waals surface area contributed by atoms with Gasteiger partial charge in [0.2, 0.25) is 11.8 Å². The molecule has 2 amide bonds. The summed E-state index contributed by atoms with van der Waals surface area (Å²) in [6, 6.07) is 0. The maximum atomic E-state index is 11.7. The molecule has 0 spiro atoms. The number of amides is 2. The second kappa shape index (κ2) is 8.46. The Morgan fingerprint density at radius 3 is 2.17 bits per heavy atom. The molecule has 0 aromatic carbocycles. The van der Waals surface area contributed by atoms with E-state index >= 15 is 0 Å². The number of aliphatic carboxylic acids is 1. The quantitative estimate of drug-likeness (QED) is 0.630. The highest BCUT2D eigenvalue weighted by atomic mass is 16.5. The van der Waals surface area contributed by atoms with Gasteiger partial charge in [-0.15, -0.1) is 0 Å². The molecule has 104 valence electrons. The highest BCUT2D eigenvalue weighted by molar-refractivity contribution is 5.86. The van der Waals surface area contributed by atoms with Crippen molar-refractivity contribution in [2.45, 2.75) is 12.8 Å². The molecule has 0 radical (unpaired) electrons. The standard InChI is InChI=1S/C11H20N2O5/c1-12(2)10(15)8-13(6-7-18-3)9(14)4-5-11(16)17/h4-8H2,1-3H3,(H,16,17). The van der Waals surface area contributed by atoms with Gasteiger partial charge in [0.1, 0.15) is 0 Å². The van der Waals surface area contributed by atoms with Crippen molar-refractivity contribution in [3.8, 4) is 0 Å². The number of carbonyl (C=O) groups excluding carboxylic acids is 2. The Morgan fingerprint density at radius 1 is 1.11 bits per heavy atom. The van der Waals surface area contributed by atoms with Crippen LogP contribution in [0.2, 0.25) is 0 Å². The zero-order valence-electron chi connectivity index (χ0n) is 11.0. The number of carboxylic acids is 1. The molecule has 7 heteroatoms.